The summed E-state index contributed by atoms with van der Waals surface area (Å²) in [5.74, 6) is -1.21. The van der Waals surface area contributed by atoms with Crippen molar-refractivity contribution < 1.29 is 19.2 Å². The molecular formula is C19H17ClN2O5. The smallest absolute Gasteiger partial charge is 0.331 e. The van der Waals surface area contributed by atoms with Crippen LogP contribution in [0.2, 0.25) is 5.02 Å². The molecule has 0 aliphatic heterocycles. The lowest BCUT2D eigenvalue weighted by Crippen LogP contribution is -2.20. The fourth-order valence-electron chi connectivity index (χ4n) is 2.18. The van der Waals surface area contributed by atoms with E-state index >= 15 is 0 Å². The monoisotopic (exact) mass is 388 g/mol. The lowest BCUT2D eigenvalue weighted by Gasteiger charge is -2.09. The average molecular weight is 389 g/mol. The van der Waals surface area contributed by atoms with E-state index in [-0.39, 0.29) is 10.7 Å². The van der Waals surface area contributed by atoms with Gasteiger partial charge in [-0.05, 0) is 48.7 Å². The van der Waals surface area contributed by atoms with Gasteiger partial charge in [-0.1, -0.05) is 29.8 Å². The van der Waals surface area contributed by atoms with E-state index in [4.69, 9.17) is 16.3 Å². The Bertz CT molecular complexity index is 924. The number of ether oxygens (including phenoxy) is 1. The van der Waals surface area contributed by atoms with Gasteiger partial charge in [0.2, 0.25) is 0 Å². The summed E-state index contributed by atoms with van der Waals surface area (Å²) in [4.78, 5) is 33.9. The zero-order chi connectivity index (χ0) is 20.0. The summed E-state index contributed by atoms with van der Waals surface area (Å²) in [5.41, 5.74) is 2.68. The van der Waals surface area contributed by atoms with E-state index in [1.807, 2.05) is 32.0 Å². The van der Waals surface area contributed by atoms with Crippen LogP contribution in [0.1, 0.15) is 16.7 Å². The Morgan fingerprint density at radius 3 is 2.67 bits per heavy atom. The lowest BCUT2D eigenvalue weighted by molar-refractivity contribution is -0.384. The van der Waals surface area contributed by atoms with E-state index in [9.17, 15) is 19.7 Å². The summed E-state index contributed by atoms with van der Waals surface area (Å²) >= 11 is 5.72. The van der Waals surface area contributed by atoms with Gasteiger partial charge >= 0.3 is 5.97 Å². The van der Waals surface area contributed by atoms with Gasteiger partial charge in [-0.2, -0.15) is 0 Å². The molecule has 140 valence electrons. The highest BCUT2D eigenvalue weighted by Gasteiger charge is 2.12. The quantitative estimate of drug-likeness (QED) is 0.348. The summed E-state index contributed by atoms with van der Waals surface area (Å²) < 4.78 is 4.87. The van der Waals surface area contributed by atoms with Crippen molar-refractivity contribution in [1.29, 1.82) is 0 Å². The van der Waals surface area contributed by atoms with Crippen LogP contribution in [0.3, 0.4) is 0 Å². The van der Waals surface area contributed by atoms with Gasteiger partial charge in [-0.25, -0.2) is 4.79 Å². The number of benzene rings is 2. The number of halogens is 1. The van der Waals surface area contributed by atoms with Gasteiger partial charge in [0.05, 0.1) is 4.92 Å². The molecule has 0 bridgehead atoms. The standard InChI is InChI=1S/C19H17ClN2O5/c1-12-3-4-13(2)16(9-12)21-18(23)11-27-19(24)8-6-14-5-7-15(20)17(10-14)22(25)26/h3-10H,11H2,1-2H3,(H,21,23)/b8-6+. The molecule has 2 rings (SSSR count). The molecular weight excluding hydrogens is 372 g/mol. The number of nitro benzene ring substituents is 1. The second kappa shape index (κ2) is 8.95. The summed E-state index contributed by atoms with van der Waals surface area (Å²) in [7, 11) is 0. The SMILES string of the molecule is Cc1ccc(C)c(NC(=O)COC(=O)/C=C/c2ccc(Cl)c([N+](=O)[O-])c2)c1. The minimum atomic E-state index is -0.747. The maximum absolute atomic E-state index is 11.9. The molecule has 0 spiro atoms. The number of anilines is 1. The van der Waals surface area contributed by atoms with Crippen LogP contribution >= 0.6 is 11.6 Å². The zero-order valence-electron chi connectivity index (χ0n) is 14.7. The minimum Gasteiger partial charge on any atom is -0.452 e. The van der Waals surface area contributed by atoms with Crippen LogP contribution in [0, 0.1) is 24.0 Å². The molecule has 0 heterocycles. The molecule has 0 saturated carbocycles. The van der Waals surface area contributed by atoms with Crippen molar-refractivity contribution in [2.24, 2.45) is 0 Å². The van der Waals surface area contributed by atoms with Crippen molar-refractivity contribution >= 4 is 40.9 Å². The van der Waals surface area contributed by atoms with Crippen LogP contribution < -0.4 is 5.32 Å². The second-order valence-electron chi connectivity index (χ2n) is 5.78. The van der Waals surface area contributed by atoms with E-state index < -0.39 is 23.4 Å². The highest BCUT2D eigenvalue weighted by atomic mass is 35.5. The highest BCUT2D eigenvalue weighted by Crippen LogP contribution is 2.25. The van der Waals surface area contributed by atoms with Crippen molar-refractivity contribution in [2.75, 3.05) is 11.9 Å². The molecule has 7 nitrogen and oxygen atoms in total. The third-order valence-electron chi connectivity index (χ3n) is 3.59. The van der Waals surface area contributed by atoms with Gasteiger partial charge in [-0.3, -0.25) is 14.9 Å². The predicted octanol–water partition coefficient (Wildman–Crippen LogP) is 4.06. The number of hydrogen-bond acceptors (Lipinski definition) is 5. The third-order valence-corrected chi connectivity index (χ3v) is 3.91. The van der Waals surface area contributed by atoms with Gasteiger partial charge in [0.1, 0.15) is 5.02 Å². The van der Waals surface area contributed by atoms with Crippen molar-refractivity contribution in [3.63, 3.8) is 0 Å². The number of esters is 1. The normalized spacial score (nSPS) is 10.6. The van der Waals surface area contributed by atoms with Crippen molar-refractivity contribution in [3.05, 3.63) is 74.3 Å². The minimum absolute atomic E-state index is 0.00263. The van der Waals surface area contributed by atoms with E-state index in [0.717, 1.165) is 17.2 Å². The fourth-order valence-corrected chi connectivity index (χ4v) is 2.37. The van der Waals surface area contributed by atoms with Gasteiger partial charge in [-0.15, -0.1) is 0 Å². The zero-order valence-corrected chi connectivity index (χ0v) is 15.4. The number of rotatable bonds is 6. The van der Waals surface area contributed by atoms with E-state index in [2.05, 4.69) is 5.32 Å². The predicted molar refractivity (Wildman–Crippen MR) is 103 cm³/mol. The number of hydrogen-bond donors (Lipinski definition) is 1. The Balaban J connectivity index is 1.91. The number of carbonyl (C=O) groups is 2. The van der Waals surface area contributed by atoms with Crippen LogP contribution in [0.5, 0.6) is 0 Å². The highest BCUT2D eigenvalue weighted by molar-refractivity contribution is 6.32. The second-order valence-corrected chi connectivity index (χ2v) is 6.18. The molecule has 0 atom stereocenters. The Morgan fingerprint density at radius 2 is 1.96 bits per heavy atom. The summed E-state index contributed by atoms with van der Waals surface area (Å²) in [6.45, 7) is 3.31. The van der Waals surface area contributed by atoms with Gasteiger partial charge in [0.15, 0.2) is 6.61 Å². The average Bonchev–Trinajstić information content (AvgIpc) is 2.62. The molecule has 1 amide bonds. The Kier molecular flexibility index (Phi) is 6.67. The van der Waals surface area contributed by atoms with Gasteiger partial charge in [0.25, 0.3) is 11.6 Å². The molecule has 0 saturated heterocycles. The number of aryl methyl sites for hydroxylation is 2. The van der Waals surface area contributed by atoms with Crippen LogP contribution in [-0.4, -0.2) is 23.4 Å². The maximum atomic E-state index is 11.9. The first-order valence-electron chi connectivity index (χ1n) is 7.92. The molecule has 0 aliphatic carbocycles. The van der Waals surface area contributed by atoms with Crippen molar-refractivity contribution in [1.82, 2.24) is 0 Å². The summed E-state index contributed by atoms with van der Waals surface area (Å²) in [6.07, 6.45) is 2.42. The molecule has 8 heteroatoms. The molecule has 2 aromatic rings. The summed E-state index contributed by atoms with van der Waals surface area (Å²) in [6, 6.07) is 9.75. The lowest BCUT2D eigenvalue weighted by atomic mass is 10.1. The Labute approximate surface area is 160 Å². The first kappa shape index (κ1) is 20.1. The van der Waals surface area contributed by atoms with Gasteiger partial charge in [0, 0.05) is 17.8 Å². The fraction of sp³-hybridized carbons (Fsp3) is 0.158. The molecule has 0 fully saturated rings. The first-order valence-corrected chi connectivity index (χ1v) is 8.30. The van der Waals surface area contributed by atoms with Crippen LogP contribution in [-0.2, 0) is 14.3 Å². The first-order chi connectivity index (χ1) is 12.8. The van der Waals surface area contributed by atoms with Crippen LogP contribution in [0.25, 0.3) is 6.08 Å². The van der Waals surface area contributed by atoms with E-state index in [0.29, 0.717) is 11.3 Å². The molecule has 0 radical (unpaired) electrons. The number of nitro groups is 1. The van der Waals surface area contributed by atoms with Gasteiger partial charge < -0.3 is 10.1 Å². The Hall–Kier alpha value is -3.19. The molecule has 0 aromatic heterocycles. The molecule has 0 aliphatic rings. The molecule has 27 heavy (non-hydrogen) atoms. The number of amides is 1. The van der Waals surface area contributed by atoms with Crippen molar-refractivity contribution in [2.45, 2.75) is 13.8 Å². The van der Waals surface area contributed by atoms with Crippen LogP contribution in [0.4, 0.5) is 11.4 Å². The third kappa shape index (κ3) is 5.93. The number of nitrogens with one attached hydrogen (secondary N) is 1. The Morgan fingerprint density at radius 1 is 1.22 bits per heavy atom. The molecule has 1 N–H and O–H groups in total. The molecule has 0 unspecified atom stereocenters. The van der Waals surface area contributed by atoms with Crippen LogP contribution in [0.15, 0.2) is 42.5 Å². The van der Waals surface area contributed by atoms with E-state index in [1.54, 1.807) is 0 Å². The van der Waals surface area contributed by atoms with Crippen molar-refractivity contribution in [3.8, 4) is 0 Å². The number of nitrogens with zero attached hydrogens (tertiary/aromatic N) is 1. The topological polar surface area (TPSA) is 98.5 Å². The molecule has 2 aromatic carbocycles. The largest absolute Gasteiger partial charge is 0.452 e. The number of carbonyl (C=O) groups excluding carboxylic acids is 2. The summed E-state index contributed by atoms with van der Waals surface area (Å²) in [5, 5.41) is 13.5. The van der Waals surface area contributed by atoms with E-state index in [1.165, 1.54) is 24.3 Å². The maximum Gasteiger partial charge on any atom is 0.331 e.